The first-order valence-corrected chi connectivity index (χ1v) is 4.56. The molecule has 0 amide bonds. The number of rotatable bonds is 2. The van der Waals surface area contributed by atoms with E-state index < -0.39 is 0 Å². The van der Waals surface area contributed by atoms with Crippen LogP contribution in [0.3, 0.4) is 0 Å². The standard InChI is InChI=1S/C12H10FNO/c13-9-2-1-3-11(8-9)14-10-4-6-12(15)7-5-10/h1-8,14-15H. The van der Waals surface area contributed by atoms with Crippen LogP contribution in [-0.2, 0) is 0 Å². The molecule has 0 radical (unpaired) electrons. The van der Waals surface area contributed by atoms with E-state index in [9.17, 15) is 4.39 Å². The molecule has 0 saturated carbocycles. The lowest BCUT2D eigenvalue weighted by Crippen LogP contribution is -1.89. The fourth-order valence-electron chi connectivity index (χ4n) is 1.28. The summed E-state index contributed by atoms with van der Waals surface area (Å²) in [5.74, 6) is -0.0708. The van der Waals surface area contributed by atoms with Gasteiger partial charge in [-0.2, -0.15) is 0 Å². The highest BCUT2D eigenvalue weighted by Crippen LogP contribution is 2.19. The molecule has 2 N–H and O–H groups in total. The van der Waals surface area contributed by atoms with Crippen LogP contribution in [0.1, 0.15) is 0 Å². The normalized spacial score (nSPS) is 9.93. The van der Waals surface area contributed by atoms with E-state index in [1.54, 1.807) is 36.4 Å². The third kappa shape index (κ3) is 2.47. The Bertz CT molecular complexity index is 453. The fraction of sp³-hybridized carbons (Fsp3) is 0. The number of nitrogens with one attached hydrogen (secondary N) is 1. The summed E-state index contributed by atoms with van der Waals surface area (Å²) in [5, 5.41) is 12.1. The molecule has 0 aromatic heterocycles. The summed E-state index contributed by atoms with van der Waals surface area (Å²) in [7, 11) is 0. The van der Waals surface area contributed by atoms with Gasteiger partial charge in [0.25, 0.3) is 0 Å². The van der Waals surface area contributed by atoms with Gasteiger partial charge in [-0.05, 0) is 42.5 Å². The Morgan fingerprint density at radius 1 is 0.933 bits per heavy atom. The quantitative estimate of drug-likeness (QED) is 0.734. The lowest BCUT2D eigenvalue weighted by molar-refractivity contribution is 0.475. The number of phenolic OH excluding ortho intramolecular Hbond substituents is 1. The Labute approximate surface area is 87.0 Å². The molecular weight excluding hydrogens is 193 g/mol. The first-order chi connectivity index (χ1) is 7.24. The molecule has 0 aliphatic heterocycles. The van der Waals surface area contributed by atoms with Crippen molar-refractivity contribution in [2.75, 3.05) is 5.32 Å². The maximum atomic E-state index is 12.9. The molecule has 2 rings (SSSR count). The first kappa shape index (κ1) is 9.52. The predicted octanol–water partition coefficient (Wildman–Crippen LogP) is 3.27. The average molecular weight is 203 g/mol. The van der Waals surface area contributed by atoms with Crippen LogP contribution in [0.4, 0.5) is 15.8 Å². The minimum atomic E-state index is -0.279. The molecule has 76 valence electrons. The van der Waals surface area contributed by atoms with Gasteiger partial charge in [0, 0.05) is 11.4 Å². The van der Waals surface area contributed by atoms with Gasteiger partial charge in [0.2, 0.25) is 0 Å². The summed E-state index contributed by atoms with van der Waals surface area (Å²) < 4.78 is 12.9. The minimum absolute atomic E-state index is 0.208. The summed E-state index contributed by atoms with van der Waals surface area (Å²) >= 11 is 0. The minimum Gasteiger partial charge on any atom is -0.508 e. The molecular formula is C12H10FNO. The van der Waals surface area contributed by atoms with E-state index in [4.69, 9.17) is 5.11 Å². The van der Waals surface area contributed by atoms with E-state index in [1.165, 1.54) is 12.1 Å². The Hall–Kier alpha value is -2.03. The topological polar surface area (TPSA) is 32.3 Å². The molecule has 0 heterocycles. The van der Waals surface area contributed by atoms with Gasteiger partial charge in [0.1, 0.15) is 11.6 Å². The summed E-state index contributed by atoms with van der Waals surface area (Å²) in [4.78, 5) is 0. The van der Waals surface area contributed by atoms with Gasteiger partial charge in [-0.1, -0.05) is 6.07 Å². The highest BCUT2D eigenvalue weighted by Gasteiger charge is 1.96. The second-order valence-corrected chi connectivity index (χ2v) is 3.18. The highest BCUT2D eigenvalue weighted by atomic mass is 19.1. The largest absolute Gasteiger partial charge is 0.508 e. The van der Waals surface area contributed by atoms with E-state index in [0.717, 1.165) is 5.69 Å². The third-order valence-corrected chi connectivity index (χ3v) is 1.98. The zero-order valence-corrected chi connectivity index (χ0v) is 7.94. The van der Waals surface area contributed by atoms with Crippen molar-refractivity contribution < 1.29 is 9.50 Å². The monoisotopic (exact) mass is 203 g/mol. The molecule has 0 aliphatic carbocycles. The molecule has 2 aromatic carbocycles. The van der Waals surface area contributed by atoms with Crippen molar-refractivity contribution in [3.05, 3.63) is 54.3 Å². The van der Waals surface area contributed by atoms with Gasteiger partial charge >= 0.3 is 0 Å². The van der Waals surface area contributed by atoms with Crippen LogP contribution in [-0.4, -0.2) is 5.11 Å². The second kappa shape index (κ2) is 4.00. The lowest BCUT2D eigenvalue weighted by Gasteiger charge is -2.05. The molecule has 0 saturated heterocycles. The summed E-state index contributed by atoms with van der Waals surface area (Å²) in [5.41, 5.74) is 1.49. The van der Waals surface area contributed by atoms with Crippen molar-refractivity contribution in [2.24, 2.45) is 0 Å². The van der Waals surface area contributed by atoms with Crippen molar-refractivity contribution in [2.45, 2.75) is 0 Å². The number of hydrogen-bond donors (Lipinski definition) is 2. The summed E-state index contributed by atoms with van der Waals surface area (Å²) in [6, 6.07) is 12.8. The van der Waals surface area contributed by atoms with Gasteiger partial charge in [0.15, 0.2) is 0 Å². The SMILES string of the molecule is Oc1ccc(Nc2cccc(F)c2)cc1. The lowest BCUT2D eigenvalue weighted by atomic mass is 10.2. The van der Waals surface area contributed by atoms with Gasteiger partial charge in [-0.25, -0.2) is 4.39 Å². The van der Waals surface area contributed by atoms with E-state index >= 15 is 0 Å². The Morgan fingerprint density at radius 2 is 1.67 bits per heavy atom. The number of hydrogen-bond acceptors (Lipinski definition) is 2. The number of benzene rings is 2. The highest BCUT2D eigenvalue weighted by molar-refractivity contribution is 5.60. The molecule has 3 heteroatoms. The van der Waals surface area contributed by atoms with Crippen LogP contribution in [0, 0.1) is 5.82 Å². The molecule has 0 aliphatic rings. The van der Waals surface area contributed by atoms with Gasteiger partial charge in [-0.3, -0.25) is 0 Å². The van der Waals surface area contributed by atoms with Crippen LogP contribution in [0.2, 0.25) is 0 Å². The molecule has 0 atom stereocenters. The maximum Gasteiger partial charge on any atom is 0.125 e. The number of halogens is 1. The Morgan fingerprint density at radius 3 is 2.33 bits per heavy atom. The molecule has 0 fully saturated rings. The predicted molar refractivity (Wildman–Crippen MR) is 57.8 cm³/mol. The van der Waals surface area contributed by atoms with Crippen LogP contribution < -0.4 is 5.32 Å². The van der Waals surface area contributed by atoms with E-state index in [0.29, 0.717) is 5.69 Å². The second-order valence-electron chi connectivity index (χ2n) is 3.18. The molecule has 2 aromatic rings. The van der Waals surface area contributed by atoms with E-state index in [1.807, 2.05) is 0 Å². The third-order valence-electron chi connectivity index (χ3n) is 1.98. The first-order valence-electron chi connectivity index (χ1n) is 4.56. The van der Waals surface area contributed by atoms with Gasteiger partial charge < -0.3 is 10.4 Å². The molecule has 0 bridgehead atoms. The Kier molecular flexibility index (Phi) is 2.54. The zero-order chi connectivity index (χ0) is 10.7. The average Bonchev–Trinajstić information content (AvgIpc) is 2.22. The van der Waals surface area contributed by atoms with Crippen LogP contribution in [0.25, 0.3) is 0 Å². The van der Waals surface area contributed by atoms with Crippen molar-refractivity contribution in [3.8, 4) is 5.75 Å². The maximum absolute atomic E-state index is 12.9. The Balaban J connectivity index is 2.18. The van der Waals surface area contributed by atoms with Crippen LogP contribution in [0.5, 0.6) is 5.75 Å². The van der Waals surface area contributed by atoms with Crippen LogP contribution >= 0.6 is 0 Å². The fourth-order valence-corrected chi connectivity index (χ4v) is 1.28. The van der Waals surface area contributed by atoms with Crippen LogP contribution in [0.15, 0.2) is 48.5 Å². The van der Waals surface area contributed by atoms with Crippen molar-refractivity contribution in [1.82, 2.24) is 0 Å². The number of anilines is 2. The molecule has 15 heavy (non-hydrogen) atoms. The zero-order valence-electron chi connectivity index (χ0n) is 7.94. The number of aromatic hydroxyl groups is 1. The van der Waals surface area contributed by atoms with Crippen molar-refractivity contribution in [1.29, 1.82) is 0 Å². The smallest absolute Gasteiger partial charge is 0.125 e. The summed E-state index contributed by atoms with van der Waals surface area (Å²) in [6.07, 6.45) is 0. The molecule has 0 spiro atoms. The summed E-state index contributed by atoms with van der Waals surface area (Å²) in [6.45, 7) is 0. The van der Waals surface area contributed by atoms with Gasteiger partial charge in [-0.15, -0.1) is 0 Å². The molecule has 2 nitrogen and oxygen atoms in total. The van der Waals surface area contributed by atoms with E-state index in [2.05, 4.69) is 5.32 Å². The van der Waals surface area contributed by atoms with Crippen molar-refractivity contribution in [3.63, 3.8) is 0 Å². The van der Waals surface area contributed by atoms with E-state index in [-0.39, 0.29) is 11.6 Å². The van der Waals surface area contributed by atoms with Gasteiger partial charge in [0.05, 0.1) is 0 Å². The molecule has 0 unspecified atom stereocenters. The van der Waals surface area contributed by atoms with Crippen molar-refractivity contribution >= 4 is 11.4 Å². The number of phenols is 1.